The monoisotopic (exact) mass is 514 g/mol. The topological polar surface area (TPSA) is 179 Å². The molecule has 0 aliphatic rings. The number of amides is 3. The summed E-state index contributed by atoms with van der Waals surface area (Å²) < 4.78 is 0. The van der Waals surface area contributed by atoms with Crippen molar-refractivity contribution in [3.8, 4) is 0 Å². The number of nitrogens with one attached hydrogen (secondary N) is 4. The lowest BCUT2D eigenvalue weighted by atomic mass is 9.98. The number of carbonyl (C=O) groups is 4. The number of aromatic nitrogens is 2. The van der Waals surface area contributed by atoms with E-state index in [2.05, 4.69) is 25.9 Å². The van der Waals surface area contributed by atoms with E-state index < -0.39 is 47.9 Å². The van der Waals surface area contributed by atoms with Crippen molar-refractivity contribution in [3.63, 3.8) is 0 Å². The minimum Gasteiger partial charge on any atom is -0.480 e. The molecule has 1 heterocycles. The molecule has 1 aromatic heterocycles. The molecule has 0 saturated carbocycles. The molecule has 202 valence electrons. The van der Waals surface area contributed by atoms with Crippen molar-refractivity contribution in [2.24, 2.45) is 17.6 Å². The fourth-order valence-electron chi connectivity index (χ4n) is 3.81. The van der Waals surface area contributed by atoms with Crippen LogP contribution in [0.4, 0.5) is 0 Å². The van der Waals surface area contributed by atoms with Gasteiger partial charge in [-0.05, 0) is 23.8 Å². The third kappa shape index (κ3) is 9.68. The van der Waals surface area contributed by atoms with Gasteiger partial charge in [0.25, 0.3) is 0 Å². The van der Waals surface area contributed by atoms with Crippen LogP contribution in [-0.2, 0) is 32.0 Å². The second kappa shape index (κ2) is 14.1. The number of carboxylic acids is 1. The van der Waals surface area contributed by atoms with Crippen LogP contribution in [0, 0.1) is 11.8 Å². The lowest BCUT2D eigenvalue weighted by molar-refractivity contribution is -0.142. The Kier molecular flexibility index (Phi) is 11.3. The van der Waals surface area contributed by atoms with E-state index in [9.17, 15) is 24.3 Å². The summed E-state index contributed by atoms with van der Waals surface area (Å²) in [5.74, 6) is -3.10. The first-order valence-electron chi connectivity index (χ1n) is 12.4. The molecule has 2 rings (SSSR count). The van der Waals surface area contributed by atoms with E-state index in [0.717, 1.165) is 5.56 Å². The van der Waals surface area contributed by atoms with E-state index in [-0.39, 0.29) is 31.1 Å². The van der Waals surface area contributed by atoms with Crippen molar-refractivity contribution in [3.05, 3.63) is 54.1 Å². The Morgan fingerprint density at radius 1 is 0.919 bits per heavy atom. The van der Waals surface area contributed by atoms with Gasteiger partial charge in [0.2, 0.25) is 17.7 Å². The zero-order chi connectivity index (χ0) is 27.5. The maximum absolute atomic E-state index is 13.2. The van der Waals surface area contributed by atoms with Crippen molar-refractivity contribution in [1.82, 2.24) is 25.9 Å². The molecular formula is C26H38N6O5. The number of hydrogen-bond acceptors (Lipinski definition) is 6. The van der Waals surface area contributed by atoms with Gasteiger partial charge < -0.3 is 31.8 Å². The summed E-state index contributed by atoms with van der Waals surface area (Å²) in [5, 5.41) is 17.6. The highest BCUT2D eigenvalue weighted by Gasteiger charge is 2.32. The summed E-state index contributed by atoms with van der Waals surface area (Å²) in [4.78, 5) is 57.6. The van der Waals surface area contributed by atoms with Crippen molar-refractivity contribution >= 4 is 23.7 Å². The van der Waals surface area contributed by atoms with E-state index in [1.54, 1.807) is 44.3 Å². The predicted molar refractivity (Wildman–Crippen MR) is 138 cm³/mol. The molecule has 7 N–H and O–H groups in total. The molecule has 0 aliphatic carbocycles. The summed E-state index contributed by atoms with van der Waals surface area (Å²) in [6, 6.07) is 4.97. The number of imidazole rings is 1. The number of benzene rings is 1. The second-order valence-electron chi connectivity index (χ2n) is 9.90. The number of aromatic amines is 1. The van der Waals surface area contributed by atoms with E-state index in [1.807, 2.05) is 19.9 Å². The lowest BCUT2D eigenvalue weighted by Crippen LogP contribution is -2.58. The van der Waals surface area contributed by atoms with Crippen LogP contribution >= 0.6 is 0 Å². The first-order chi connectivity index (χ1) is 17.5. The molecule has 37 heavy (non-hydrogen) atoms. The number of aliphatic carboxylic acids is 1. The summed E-state index contributed by atoms with van der Waals surface area (Å²) in [6.45, 7) is 7.31. The molecule has 0 bridgehead atoms. The first-order valence-corrected chi connectivity index (χ1v) is 12.4. The fourth-order valence-corrected chi connectivity index (χ4v) is 3.81. The molecule has 4 unspecified atom stereocenters. The highest BCUT2D eigenvalue weighted by atomic mass is 16.4. The summed E-state index contributed by atoms with van der Waals surface area (Å²) in [7, 11) is 0. The Bertz CT molecular complexity index is 1030. The van der Waals surface area contributed by atoms with Gasteiger partial charge in [0.1, 0.15) is 18.1 Å². The van der Waals surface area contributed by atoms with Crippen molar-refractivity contribution in [1.29, 1.82) is 0 Å². The maximum atomic E-state index is 13.2. The van der Waals surface area contributed by atoms with Crippen LogP contribution in [-0.4, -0.2) is 62.9 Å². The maximum Gasteiger partial charge on any atom is 0.326 e. The summed E-state index contributed by atoms with van der Waals surface area (Å²) in [6.07, 6.45) is 3.65. The van der Waals surface area contributed by atoms with Gasteiger partial charge in [-0.1, -0.05) is 58.0 Å². The third-order valence-electron chi connectivity index (χ3n) is 5.82. The van der Waals surface area contributed by atoms with E-state index in [1.165, 1.54) is 6.33 Å². The molecule has 0 fully saturated rings. The molecule has 3 amide bonds. The predicted octanol–water partition coefficient (Wildman–Crippen LogP) is 0.763. The zero-order valence-electron chi connectivity index (χ0n) is 21.7. The van der Waals surface area contributed by atoms with Gasteiger partial charge in [-0.2, -0.15) is 0 Å². The number of H-pyrrole nitrogens is 1. The Hall–Kier alpha value is -3.73. The number of rotatable bonds is 14. The fraction of sp³-hybridized carbons (Fsp3) is 0.500. The normalized spacial score (nSPS) is 14.5. The van der Waals surface area contributed by atoms with Crippen molar-refractivity contribution in [2.45, 2.75) is 71.1 Å². The number of hydrogen-bond donors (Lipinski definition) is 6. The number of carboxylic acid groups (broad SMARTS) is 1. The molecule has 0 spiro atoms. The minimum absolute atomic E-state index is 0.0309. The van der Waals surface area contributed by atoms with Crippen LogP contribution < -0.4 is 21.7 Å². The van der Waals surface area contributed by atoms with Crippen molar-refractivity contribution in [2.75, 3.05) is 0 Å². The lowest BCUT2D eigenvalue weighted by Gasteiger charge is -2.27. The van der Waals surface area contributed by atoms with Gasteiger partial charge in [-0.3, -0.25) is 14.4 Å². The summed E-state index contributed by atoms with van der Waals surface area (Å²) in [5.41, 5.74) is 7.45. The van der Waals surface area contributed by atoms with Gasteiger partial charge in [-0.15, -0.1) is 0 Å². The second-order valence-corrected chi connectivity index (χ2v) is 9.90. The number of nitrogens with two attached hydrogens (primary N) is 1. The largest absolute Gasteiger partial charge is 0.480 e. The van der Waals surface area contributed by atoms with Gasteiger partial charge in [0.05, 0.1) is 12.4 Å². The quantitative estimate of drug-likeness (QED) is 0.215. The minimum atomic E-state index is -1.18. The van der Waals surface area contributed by atoms with Crippen LogP contribution in [0.2, 0.25) is 0 Å². The van der Waals surface area contributed by atoms with Crippen LogP contribution in [0.3, 0.4) is 0 Å². The van der Waals surface area contributed by atoms with Crippen molar-refractivity contribution < 1.29 is 24.3 Å². The Morgan fingerprint density at radius 2 is 1.57 bits per heavy atom. The first kappa shape index (κ1) is 29.5. The molecule has 11 heteroatoms. The van der Waals surface area contributed by atoms with Crippen LogP contribution in [0.15, 0.2) is 42.9 Å². The summed E-state index contributed by atoms with van der Waals surface area (Å²) >= 11 is 0. The van der Waals surface area contributed by atoms with Gasteiger partial charge in [0.15, 0.2) is 0 Å². The standard InChI is InChI=1S/C26H38N6O5/c1-15(2)10-20(24(34)31-21(26(36)37)11-17-8-6-5-7-9-17)30-25(35)22(16(3)4)32-23(33)19(27)12-18-13-28-14-29-18/h5-9,13-16,19-22H,10-12,27H2,1-4H3,(H,28,29)(H,30,35)(H,31,34)(H,32,33)(H,36,37). The molecule has 0 saturated heterocycles. The van der Waals surface area contributed by atoms with Gasteiger partial charge in [0, 0.05) is 24.7 Å². The number of carbonyl (C=O) groups excluding carboxylic acids is 3. The Labute approximate surface area is 217 Å². The molecule has 4 atom stereocenters. The highest BCUT2D eigenvalue weighted by Crippen LogP contribution is 2.10. The molecule has 2 aromatic rings. The average molecular weight is 515 g/mol. The van der Waals surface area contributed by atoms with Crippen LogP contribution in [0.5, 0.6) is 0 Å². The average Bonchev–Trinajstić information content (AvgIpc) is 3.34. The Balaban J connectivity index is 2.09. The van der Waals surface area contributed by atoms with E-state index in [4.69, 9.17) is 5.73 Å². The molecular weight excluding hydrogens is 476 g/mol. The molecule has 11 nitrogen and oxygen atoms in total. The molecule has 0 aliphatic heterocycles. The third-order valence-corrected chi connectivity index (χ3v) is 5.82. The Morgan fingerprint density at radius 3 is 2.11 bits per heavy atom. The van der Waals surface area contributed by atoms with E-state index in [0.29, 0.717) is 5.69 Å². The van der Waals surface area contributed by atoms with Crippen LogP contribution in [0.25, 0.3) is 0 Å². The molecule has 1 aromatic carbocycles. The van der Waals surface area contributed by atoms with Gasteiger partial charge in [-0.25, -0.2) is 9.78 Å². The smallest absolute Gasteiger partial charge is 0.326 e. The SMILES string of the molecule is CC(C)CC(NC(=O)C(NC(=O)C(N)Cc1cnc[nH]1)C(C)C)C(=O)NC(Cc1ccccc1)C(=O)O. The van der Waals surface area contributed by atoms with E-state index >= 15 is 0 Å². The highest BCUT2D eigenvalue weighted by molar-refractivity contribution is 5.94. The van der Waals surface area contributed by atoms with Crippen LogP contribution in [0.1, 0.15) is 45.4 Å². The molecule has 0 radical (unpaired) electrons. The van der Waals surface area contributed by atoms with Gasteiger partial charge >= 0.3 is 5.97 Å². The zero-order valence-corrected chi connectivity index (χ0v) is 21.7. The number of nitrogens with zero attached hydrogens (tertiary/aromatic N) is 1.